The normalized spacial score (nSPS) is 12.1. The van der Waals surface area contributed by atoms with E-state index in [1.165, 1.54) is 19.2 Å². The molecule has 8 heteroatoms. The van der Waals surface area contributed by atoms with Gasteiger partial charge in [-0.15, -0.1) is 0 Å². The van der Waals surface area contributed by atoms with E-state index in [1.807, 2.05) is 0 Å². The third kappa shape index (κ3) is 3.66. The molecule has 5 nitrogen and oxygen atoms in total. The summed E-state index contributed by atoms with van der Waals surface area (Å²) in [4.78, 5) is 0. The fourth-order valence-electron chi connectivity index (χ4n) is 1.99. The lowest BCUT2D eigenvalue weighted by molar-refractivity contribution is 0.390. The molecule has 0 aliphatic carbocycles. The molecule has 0 aliphatic heterocycles. The predicted molar refractivity (Wildman–Crippen MR) is 81.5 cm³/mol. The first-order valence-corrected chi connectivity index (χ1v) is 8.49. The summed E-state index contributed by atoms with van der Waals surface area (Å²) in [6, 6.07) is 3.93. The molecule has 1 aromatic carbocycles. The number of sulfonamides is 1. The smallest absolute Gasteiger partial charge is 0.218 e. The van der Waals surface area contributed by atoms with Gasteiger partial charge in [-0.2, -0.15) is 0 Å². The SMILES string of the molecule is Cc1noc(C)c1CN(C)S(=O)(=O)Cc1ccc(Cl)cc1F. The van der Waals surface area contributed by atoms with Crippen LogP contribution in [0.2, 0.25) is 5.02 Å². The van der Waals surface area contributed by atoms with E-state index in [4.69, 9.17) is 16.1 Å². The Morgan fingerprint density at radius 1 is 1.36 bits per heavy atom. The van der Waals surface area contributed by atoms with Gasteiger partial charge >= 0.3 is 0 Å². The van der Waals surface area contributed by atoms with Gasteiger partial charge in [0.15, 0.2) is 0 Å². The molecule has 1 heterocycles. The zero-order chi connectivity index (χ0) is 16.5. The van der Waals surface area contributed by atoms with Crippen molar-refractivity contribution < 1.29 is 17.3 Å². The van der Waals surface area contributed by atoms with Crippen molar-refractivity contribution in [2.45, 2.75) is 26.1 Å². The van der Waals surface area contributed by atoms with Crippen molar-refractivity contribution >= 4 is 21.6 Å². The second-order valence-electron chi connectivity index (χ2n) is 5.05. The number of aromatic nitrogens is 1. The number of hydrogen-bond acceptors (Lipinski definition) is 4. The van der Waals surface area contributed by atoms with E-state index >= 15 is 0 Å². The van der Waals surface area contributed by atoms with Crippen LogP contribution < -0.4 is 0 Å². The fourth-order valence-corrected chi connectivity index (χ4v) is 3.33. The highest BCUT2D eigenvalue weighted by Crippen LogP contribution is 2.20. The molecule has 120 valence electrons. The maximum absolute atomic E-state index is 13.8. The van der Waals surface area contributed by atoms with E-state index in [1.54, 1.807) is 13.8 Å². The highest BCUT2D eigenvalue weighted by Gasteiger charge is 2.23. The summed E-state index contributed by atoms with van der Waals surface area (Å²) >= 11 is 5.66. The molecule has 22 heavy (non-hydrogen) atoms. The second-order valence-corrected chi connectivity index (χ2v) is 7.56. The average Bonchev–Trinajstić information content (AvgIpc) is 2.73. The molecule has 0 spiro atoms. The summed E-state index contributed by atoms with van der Waals surface area (Å²) in [5.41, 5.74) is 1.43. The van der Waals surface area contributed by atoms with Crippen molar-refractivity contribution in [3.63, 3.8) is 0 Å². The zero-order valence-corrected chi connectivity index (χ0v) is 14.0. The van der Waals surface area contributed by atoms with Gasteiger partial charge < -0.3 is 4.52 Å². The lowest BCUT2D eigenvalue weighted by Gasteiger charge is -2.17. The Morgan fingerprint density at radius 2 is 2.05 bits per heavy atom. The average molecular weight is 347 g/mol. The molecule has 1 aromatic heterocycles. The van der Waals surface area contributed by atoms with Gasteiger partial charge in [0.1, 0.15) is 11.6 Å². The number of rotatable bonds is 5. The number of nitrogens with zero attached hydrogens (tertiary/aromatic N) is 2. The summed E-state index contributed by atoms with van der Waals surface area (Å²) in [7, 11) is -2.24. The number of aryl methyl sites for hydroxylation is 2. The van der Waals surface area contributed by atoms with Gasteiger partial charge in [-0.25, -0.2) is 17.1 Å². The Hall–Kier alpha value is -1.44. The van der Waals surface area contributed by atoms with Gasteiger partial charge in [-0.3, -0.25) is 0 Å². The maximum atomic E-state index is 13.8. The molecule has 0 atom stereocenters. The highest BCUT2D eigenvalue weighted by atomic mass is 35.5. The lowest BCUT2D eigenvalue weighted by atomic mass is 10.2. The summed E-state index contributed by atoms with van der Waals surface area (Å²) < 4.78 is 44.7. The summed E-state index contributed by atoms with van der Waals surface area (Å²) in [6.07, 6.45) is 0. The molecular weight excluding hydrogens is 331 g/mol. The van der Waals surface area contributed by atoms with Crippen molar-refractivity contribution in [2.24, 2.45) is 0 Å². The molecule has 0 saturated heterocycles. The molecule has 0 N–H and O–H groups in total. The highest BCUT2D eigenvalue weighted by molar-refractivity contribution is 7.88. The molecule has 0 bridgehead atoms. The second kappa shape index (κ2) is 6.36. The topological polar surface area (TPSA) is 63.4 Å². The minimum atomic E-state index is -3.68. The molecule has 0 amide bonds. The van der Waals surface area contributed by atoms with Crippen molar-refractivity contribution in [3.05, 3.63) is 51.6 Å². The van der Waals surface area contributed by atoms with Crippen molar-refractivity contribution in [3.8, 4) is 0 Å². The van der Waals surface area contributed by atoms with Gasteiger partial charge in [-0.1, -0.05) is 22.8 Å². The lowest BCUT2D eigenvalue weighted by Crippen LogP contribution is -2.28. The van der Waals surface area contributed by atoms with Gasteiger partial charge in [0.05, 0.1) is 11.4 Å². The first-order valence-electron chi connectivity index (χ1n) is 6.50. The van der Waals surface area contributed by atoms with Crippen LogP contribution in [0.5, 0.6) is 0 Å². The molecule has 0 aliphatic rings. The largest absolute Gasteiger partial charge is 0.361 e. The van der Waals surface area contributed by atoms with Crippen molar-refractivity contribution in [1.29, 1.82) is 0 Å². The first-order chi connectivity index (χ1) is 10.2. The summed E-state index contributed by atoms with van der Waals surface area (Å²) in [6.45, 7) is 3.58. The van der Waals surface area contributed by atoms with E-state index in [0.717, 1.165) is 10.4 Å². The standard InChI is InChI=1S/C14H16ClFN2O3S/c1-9-13(10(2)21-17-9)7-18(3)22(19,20)8-11-4-5-12(15)6-14(11)16/h4-6H,7-8H2,1-3H3. The van der Waals surface area contributed by atoms with Crippen LogP contribution in [0, 0.1) is 19.7 Å². The van der Waals surface area contributed by atoms with Crippen LogP contribution in [0.4, 0.5) is 4.39 Å². The van der Waals surface area contributed by atoms with Crippen LogP contribution in [-0.2, 0) is 22.3 Å². The third-order valence-electron chi connectivity index (χ3n) is 3.39. The van der Waals surface area contributed by atoms with Gasteiger partial charge in [0.25, 0.3) is 0 Å². The Labute approximate surface area is 133 Å². The zero-order valence-electron chi connectivity index (χ0n) is 12.4. The van der Waals surface area contributed by atoms with Crippen LogP contribution in [0.3, 0.4) is 0 Å². The fraction of sp³-hybridized carbons (Fsp3) is 0.357. The molecule has 2 rings (SSSR count). The Morgan fingerprint density at radius 3 is 2.59 bits per heavy atom. The number of halogens is 2. The predicted octanol–water partition coefficient (Wildman–Crippen LogP) is 3.05. The Bertz CT molecular complexity index is 770. The van der Waals surface area contributed by atoms with Gasteiger partial charge in [0.2, 0.25) is 10.0 Å². The molecule has 0 saturated carbocycles. The van der Waals surface area contributed by atoms with Crippen LogP contribution in [0.15, 0.2) is 22.7 Å². The Balaban J connectivity index is 2.19. The van der Waals surface area contributed by atoms with E-state index in [-0.39, 0.29) is 17.1 Å². The minimum Gasteiger partial charge on any atom is -0.361 e. The quantitative estimate of drug-likeness (QED) is 0.834. The van der Waals surface area contributed by atoms with Gasteiger partial charge in [0, 0.05) is 29.7 Å². The van der Waals surface area contributed by atoms with Crippen molar-refractivity contribution in [2.75, 3.05) is 7.05 Å². The van der Waals surface area contributed by atoms with Gasteiger partial charge in [-0.05, 0) is 26.0 Å². The number of benzene rings is 1. The van der Waals surface area contributed by atoms with Crippen LogP contribution >= 0.6 is 11.6 Å². The Kier molecular flexibility index (Phi) is 4.89. The van der Waals surface area contributed by atoms with Crippen LogP contribution in [0.25, 0.3) is 0 Å². The maximum Gasteiger partial charge on any atom is 0.218 e. The third-order valence-corrected chi connectivity index (χ3v) is 5.38. The molecule has 0 unspecified atom stereocenters. The molecular formula is C14H16ClFN2O3S. The summed E-state index contributed by atoms with van der Waals surface area (Å²) in [5, 5.41) is 4.01. The van der Waals surface area contributed by atoms with E-state index in [2.05, 4.69) is 5.16 Å². The number of hydrogen-bond donors (Lipinski definition) is 0. The molecule has 2 aromatic rings. The first kappa shape index (κ1) is 16.9. The van der Waals surface area contributed by atoms with E-state index in [9.17, 15) is 12.8 Å². The van der Waals surface area contributed by atoms with E-state index in [0.29, 0.717) is 17.0 Å². The van der Waals surface area contributed by atoms with E-state index < -0.39 is 21.6 Å². The van der Waals surface area contributed by atoms with Crippen LogP contribution in [0.1, 0.15) is 22.6 Å². The van der Waals surface area contributed by atoms with Crippen LogP contribution in [-0.4, -0.2) is 24.9 Å². The molecule has 0 radical (unpaired) electrons. The monoisotopic (exact) mass is 346 g/mol. The van der Waals surface area contributed by atoms with Crippen molar-refractivity contribution in [1.82, 2.24) is 9.46 Å². The summed E-state index contributed by atoms with van der Waals surface area (Å²) in [5.74, 6) is -0.505. The minimum absolute atomic E-state index is 0.0787. The molecule has 0 fully saturated rings.